The van der Waals surface area contributed by atoms with Crippen molar-refractivity contribution in [2.75, 3.05) is 6.61 Å². The maximum atomic E-state index is 11.0. The lowest BCUT2D eigenvalue weighted by Gasteiger charge is -2.42. The minimum atomic E-state index is -1.59. The van der Waals surface area contributed by atoms with Gasteiger partial charge in [0.1, 0.15) is 35.8 Å². The van der Waals surface area contributed by atoms with Gasteiger partial charge in [-0.25, -0.2) is 0 Å². The third-order valence-corrected chi connectivity index (χ3v) is 6.97. The van der Waals surface area contributed by atoms with Crippen LogP contribution in [0.1, 0.15) is 16.7 Å². The molecule has 1 saturated heterocycles. The Labute approximate surface area is 231 Å². The second-order valence-corrected chi connectivity index (χ2v) is 9.47. The highest BCUT2D eigenvalue weighted by molar-refractivity contribution is 5.47. The topological polar surface area (TPSA) is 132 Å². The van der Waals surface area contributed by atoms with Crippen LogP contribution in [-0.2, 0) is 15.1 Å². The van der Waals surface area contributed by atoms with Gasteiger partial charge in [0.2, 0.25) is 6.29 Å². The van der Waals surface area contributed by atoms with Crippen LogP contribution in [0.25, 0.3) is 0 Å². The van der Waals surface area contributed by atoms with Crippen LogP contribution in [0.3, 0.4) is 0 Å². The molecule has 4 aromatic rings. The lowest BCUT2D eigenvalue weighted by atomic mass is 9.80. The molecule has 206 valence electrons. The molecule has 9 heteroatoms. The SMILES string of the molecule is O=[N+]([O-])c1ccc(O[C@H]2O[C@H](COC(c3ccccc3)(c3ccccc3)c3ccccc3)[C@H](O)[C@H](O)[C@H]2O)cc1. The Kier molecular flexibility index (Phi) is 8.20. The van der Waals surface area contributed by atoms with Gasteiger partial charge in [0.15, 0.2) is 0 Å². The highest BCUT2D eigenvalue weighted by atomic mass is 16.7. The standard InChI is InChI=1S/C31H29NO8/c33-27-26(40-30(29(35)28(27)34)39-25-18-16-24(17-19-25)32(36)37)20-38-31(21-10-4-1-5-11-21,22-12-6-2-7-13-22)23-14-8-3-9-15-23/h1-19,26-30,33-35H,20H2/t26-,27+,28+,29-,30+/m1/s1. The van der Waals surface area contributed by atoms with E-state index in [4.69, 9.17) is 14.2 Å². The van der Waals surface area contributed by atoms with Gasteiger partial charge in [0.05, 0.1) is 11.5 Å². The Balaban J connectivity index is 1.46. The fraction of sp³-hybridized carbons (Fsp3) is 0.226. The molecule has 0 unspecified atom stereocenters. The second kappa shape index (κ2) is 12.0. The van der Waals surface area contributed by atoms with Crippen molar-refractivity contribution in [1.29, 1.82) is 0 Å². The van der Waals surface area contributed by atoms with Gasteiger partial charge in [-0.15, -0.1) is 0 Å². The predicted molar refractivity (Wildman–Crippen MR) is 146 cm³/mol. The van der Waals surface area contributed by atoms with Crippen LogP contribution in [0.2, 0.25) is 0 Å². The first-order valence-corrected chi connectivity index (χ1v) is 12.8. The summed E-state index contributed by atoms with van der Waals surface area (Å²) in [5.74, 6) is 0.185. The van der Waals surface area contributed by atoms with E-state index in [0.717, 1.165) is 16.7 Å². The molecule has 1 aliphatic rings. The van der Waals surface area contributed by atoms with E-state index in [1.54, 1.807) is 0 Å². The highest BCUT2D eigenvalue weighted by Gasteiger charge is 2.47. The van der Waals surface area contributed by atoms with Gasteiger partial charge in [-0.05, 0) is 28.8 Å². The first kappa shape index (κ1) is 27.4. The van der Waals surface area contributed by atoms with E-state index in [9.17, 15) is 25.4 Å². The molecule has 3 N–H and O–H groups in total. The van der Waals surface area contributed by atoms with Gasteiger partial charge in [0, 0.05) is 12.1 Å². The second-order valence-electron chi connectivity index (χ2n) is 9.47. The highest BCUT2D eigenvalue weighted by Crippen LogP contribution is 2.41. The van der Waals surface area contributed by atoms with Gasteiger partial charge in [0.25, 0.3) is 5.69 Å². The van der Waals surface area contributed by atoms with E-state index in [1.165, 1.54) is 24.3 Å². The summed E-state index contributed by atoms with van der Waals surface area (Å²) in [6, 6.07) is 34.2. The number of hydrogen-bond donors (Lipinski definition) is 3. The Morgan fingerprint density at radius 1 is 0.700 bits per heavy atom. The molecule has 1 aliphatic heterocycles. The van der Waals surface area contributed by atoms with E-state index >= 15 is 0 Å². The molecule has 1 fully saturated rings. The molecule has 0 bridgehead atoms. The number of rotatable bonds is 9. The van der Waals surface area contributed by atoms with E-state index in [1.807, 2.05) is 91.0 Å². The van der Waals surface area contributed by atoms with Crippen molar-refractivity contribution in [3.05, 3.63) is 142 Å². The van der Waals surface area contributed by atoms with Crippen molar-refractivity contribution >= 4 is 5.69 Å². The molecule has 0 spiro atoms. The summed E-state index contributed by atoms with van der Waals surface area (Å²) >= 11 is 0. The normalized spacial score (nSPS) is 22.9. The number of non-ortho nitro benzene ring substituents is 1. The Morgan fingerprint density at radius 3 is 1.62 bits per heavy atom. The Bertz CT molecular complexity index is 1290. The molecule has 1 heterocycles. The predicted octanol–water partition coefficient (Wildman–Crippen LogP) is 3.79. The van der Waals surface area contributed by atoms with E-state index in [2.05, 4.69) is 0 Å². The largest absolute Gasteiger partial charge is 0.462 e. The molecule has 40 heavy (non-hydrogen) atoms. The van der Waals surface area contributed by atoms with Crippen molar-refractivity contribution in [1.82, 2.24) is 0 Å². The number of hydrogen-bond acceptors (Lipinski definition) is 8. The van der Waals surface area contributed by atoms with Gasteiger partial charge in [-0.2, -0.15) is 0 Å². The minimum Gasteiger partial charge on any atom is -0.462 e. The van der Waals surface area contributed by atoms with Gasteiger partial charge >= 0.3 is 0 Å². The summed E-state index contributed by atoms with van der Waals surface area (Å²) in [5.41, 5.74) is 1.31. The molecule has 0 aromatic heterocycles. The average Bonchev–Trinajstić information content (AvgIpc) is 3.00. The molecule has 9 nitrogen and oxygen atoms in total. The van der Waals surface area contributed by atoms with Gasteiger partial charge in [-0.3, -0.25) is 10.1 Å². The summed E-state index contributed by atoms with van der Waals surface area (Å²) in [6.07, 6.45) is -7.11. The summed E-state index contributed by atoms with van der Waals surface area (Å²) in [7, 11) is 0. The first-order valence-electron chi connectivity index (χ1n) is 12.8. The Morgan fingerprint density at radius 2 is 1.18 bits per heavy atom. The molecule has 5 atom stereocenters. The van der Waals surface area contributed by atoms with E-state index in [0.29, 0.717) is 0 Å². The summed E-state index contributed by atoms with van der Waals surface area (Å²) in [6.45, 7) is -0.177. The number of nitrogens with zero attached hydrogens (tertiary/aromatic N) is 1. The van der Waals surface area contributed by atoms with Gasteiger partial charge in [-0.1, -0.05) is 91.0 Å². The van der Waals surface area contributed by atoms with Crippen molar-refractivity contribution in [3.8, 4) is 5.75 Å². The van der Waals surface area contributed by atoms with E-state index in [-0.39, 0.29) is 18.0 Å². The molecule has 0 radical (unpaired) electrons. The first-order chi connectivity index (χ1) is 19.4. The molecule has 4 aromatic carbocycles. The zero-order valence-electron chi connectivity index (χ0n) is 21.4. The van der Waals surface area contributed by atoms with Crippen molar-refractivity contribution in [2.45, 2.75) is 36.3 Å². The number of ether oxygens (including phenoxy) is 3. The number of nitro groups is 1. The smallest absolute Gasteiger partial charge is 0.269 e. The number of aliphatic hydroxyl groups is 3. The fourth-order valence-electron chi connectivity index (χ4n) is 4.91. The van der Waals surface area contributed by atoms with Gasteiger partial charge < -0.3 is 29.5 Å². The number of nitro benzene ring substituents is 1. The third kappa shape index (κ3) is 5.46. The van der Waals surface area contributed by atoms with Crippen molar-refractivity contribution in [3.63, 3.8) is 0 Å². The average molecular weight is 544 g/mol. The Hall–Kier alpha value is -4.12. The molecular formula is C31H29NO8. The molecule has 0 aliphatic carbocycles. The summed E-state index contributed by atoms with van der Waals surface area (Å²) < 4.78 is 18.4. The lowest BCUT2D eigenvalue weighted by molar-refractivity contribution is -0.384. The number of aliphatic hydroxyl groups excluding tert-OH is 3. The van der Waals surface area contributed by atoms with Crippen molar-refractivity contribution < 1.29 is 34.5 Å². The third-order valence-electron chi connectivity index (χ3n) is 6.97. The maximum absolute atomic E-state index is 11.0. The number of benzene rings is 4. The molecular weight excluding hydrogens is 514 g/mol. The fourth-order valence-corrected chi connectivity index (χ4v) is 4.91. The van der Waals surface area contributed by atoms with Crippen LogP contribution >= 0.6 is 0 Å². The zero-order valence-corrected chi connectivity index (χ0v) is 21.4. The summed E-state index contributed by atoms with van der Waals surface area (Å²) in [4.78, 5) is 10.4. The quantitative estimate of drug-likeness (QED) is 0.165. The van der Waals surface area contributed by atoms with Crippen molar-refractivity contribution in [2.24, 2.45) is 0 Å². The summed E-state index contributed by atoms with van der Waals surface area (Å²) in [5, 5.41) is 43.1. The maximum Gasteiger partial charge on any atom is 0.269 e. The van der Waals surface area contributed by atoms with Crippen LogP contribution in [0.15, 0.2) is 115 Å². The monoisotopic (exact) mass is 543 g/mol. The molecule has 0 amide bonds. The molecule has 0 saturated carbocycles. The lowest BCUT2D eigenvalue weighted by Crippen LogP contribution is -2.60. The zero-order chi connectivity index (χ0) is 28.1. The van der Waals surface area contributed by atoms with Crippen LogP contribution in [0.5, 0.6) is 5.75 Å². The van der Waals surface area contributed by atoms with E-state index < -0.39 is 41.2 Å². The minimum absolute atomic E-state index is 0.127. The van der Waals surface area contributed by atoms with Crippen LogP contribution in [0, 0.1) is 10.1 Å². The van der Waals surface area contributed by atoms with Crippen LogP contribution < -0.4 is 4.74 Å². The van der Waals surface area contributed by atoms with Crippen LogP contribution in [0.4, 0.5) is 5.69 Å². The van der Waals surface area contributed by atoms with Crippen LogP contribution in [-0.4, -0.2) is 57.6 Å². The molecule has 5 rings (SSSR count).